The quantitative estimate of drug-likeness (QED) is 0.842. The summed E-state index contributed by atoms with van der Waals surface area (Å²) < 4.78 is 28.4. The van der Waals surface area contributed by atoms with Crippen molar-refractivity contribution in [1.29, 1.82) is 0 Å². The Balaban J connectivity index is 1.56. The summed E-state index contributed by atoms with van der Waals surface area (Å²) >= 11 is 0. The van der Waals surface area contributed by atoms with Gasteiger partial charge in [-0.15, -0.1) is 0 Å². The van der Waals surface area contributed by atoms with Crippen molar-refractivity contribution in [2.75, 3.05) is 45.6 Å². The summed E-state index contributed by atoms with van der Waals surface area (Å²) in [4.78, 5) is 5.09. The number of hydrogen-bond donors (Lipinski definition) is 1. The molecule has 0 aliphatic carbocycles. The minimum Gasteiger partial charge on any atom is -0.389 e. The molecule has 2 saturated heterocycles. The average Bonchev–Trinajstić information content (AvgIpc) is 2.82. The van der Waals surface area contributed by atoms with Crippen LogP contribution in [-0.2, 0) is 21.1 Å². The highest BCUT2D eigenvalue weighted by molar-refractivity contribution is 7.90. The molecule has 2 aliphatic heterocycles. The Bertz CT molecular complexity index is 647. The van der Waals surface area contributed by atoms with Gasteiger partial charge in [0.15, 0.2) is 9.84 Å². The van der Waals surface area contributed by atoms with E-state index in [4.69, 9.17) is 4.74 Å². The number of rotatable bonds is 4. The van der Waals surface area contributed by atoms with Gasteiger partial charge in [0.25, 0.3) is 0 Å². The van der Waals surface area contributed by atoms with E-state index in [1.54, 1.807) is 12.1 Å². The van der Waals surface area contributed by atoms with E-state index in [0.717, 1.165) is 44.7 Å². The van der Waals surface area contributed by atoms with Crippen molar-refractivity contribution in [3.63, 3.8) is 0 Å². The van der Waals surface area contributed by atoms with Crippen LogP contribution < -0.4 is 0 Å². The Labute approximate surface area is 143 Å². The first-order chi connectivity index (χ1) is 11.4. The van der Waals surface area contributed by atoms with Crippen LogP contribution in [0.4, 0.5) is 0 Å². The fourth-order valence-corrected chi connectivity index (χ4v) is 4.09. The highest BCUT2D eigenvalue weighted by Gasteiger charge is 2.32. The third-order valence-electron chi connectivity index (χ3n) is 4.87. The van der Waals surface area contributed by atoms with E-state index in [0.29, 0.717) is 18.1 Å². The molecule has 0 bridgehead atoms. The van der Waals surface area contributed by atoms with Gasteiger partial charge in [0.1, 0.15) is 0 Å². The number of nitrogens with zero attached hydrogens (tertiary/aromatic N) is 2. The van der Waals surface area contributed by atoms with Crippen LogP contribution in [0, 0.1) is 0 Å². The Morgan fingerprint density at radius 3 is 2.50 bits per heavy atom. The van der Waals surface area contributed by atoms with E-state index >= 15 is 0 Å². The Kier molecular flexibility index (Phi) is 5.56. The van der Waals surface area contributed by atoms with Gasteiger partial charge in [0, 0.05) is 25.9 Å². The third-order valence-corrected chi connectivity index (χ3v) is 6.00. The Hall–Kier alpha value is -0.990. The second kappa shape index (κ2) is 7.49. The molecule has 0 amide bonds. The summed E-state index contributed by atoms with van der Waals surface area (Å²) in [5.74, 6) is 0. The smallest absolute Gasteiger partial charge is 0.175 e. The SMILES string of the molecule is CS(=O)(=O)c1ccc(CN2CCCN(C3COCC3O)CC2)cc1. The molecule has 3 rings (SSSR count). The first kappa shape index (κ1) is 17.8. The standard InChI is InChI=1S/C17H26N2O4S/c1-24(21,22)15-5-3-14(4-6-15)11-18-7-2-8-19(10-9-18)16-12-23-13-17(16)20/h3-6,16-17,20H,2,7-13H2,1H3. The highest BCUT2D eigenvalue weighted by atomic mass is 32.2. The van der Waals surface area contributed by atoms with Gasteiger partial charge in [-0.1, -0.05) is 12.1 Å². The lowest BCUT2D eigenvalue weighted by atomic mass is 10.2. The van der Waals surface area contributed by atoms with E-state index in [1.165, 1.54) is 6.26 Å². The summed E-state index contributed by atoms with van der Waals surface area (Å²) in [5, 5.41) is 10.00. The molecule has 134 valence electrons. The predicted octanol–water partition coefficient (Wildman–Crippen LogP) is 0.358. The molecule has 0 saturated carbocycles. The maximum atomic E-state index is 11.5. The molecule has 2 fully saturated rings. The van der Waals surface area contributed by atoms with Gasteiger partial charge in [-0.3, -0.25) is 9.80 Å². The fourth-order valence-electron chi connectivity index (χ4n) is 3.46. The lowest BCUT2D eigenvalue weighted by molar-refractivity contribution is 0.0837. The molecule has 2 atom stereocenters. The van der Waals surface area contributed by atoms with E-state index in [9.17, 15) is 13.5 Å². The van der Waals surface area contributed by atoms with Crippen LogP contribution in [0.1, 0.15) is 12.0 Å². The first-order valence-electron chi connectivity index (χ1n) is 8.45. The van der Waals surface area contributed by atoms with Crippen LogP contribution in [0.2, 0.25) is 0 Å². The summed E-state index contributed by atoms with van der Waals surface area (Å²) in [6, 6.07) is 7.28. The van der Waals surface area contributed by atoms with Crippen molar-refractivity contribution in [2.45, 2.75) is 30.0 Å². The minimum atomic E-state index is -3.14. The molecular formula is C17H26N2O4S. The largest absolute Gasteiger partial charge is 0.389 e. The molecule has 1 aromatic rings. The molecule has 2 aliphatic rings. The number of hydrogen-bond acceptors (Lipinski definition) is 6. The highest BCUT2D eigenvalue weighted by Crippen LogP contribution is 2.17. The van der Waals surface area contributed by atoms with Gasteiger partial charge in [-0.25, -0.2) is 8.42 Å². The second-order valence-corrected chi connectivity index (χ2v) is 8.77. The van der Waals surface area contributed by atoms with Gasteiger partial charge in [0.05, 0.1) is 30.3 Å². The number of sulfone groups is 1. The number of ether oxygens (including phenoxy) is 1. The number of aliphatic hydroxyl groups excluding tert-OH is 1. The fraction of sp³-hybridized carbons (Fsp3) is 0.647. The molecule has 0 aromatic heterocycles. The van der Waals surface area contributed by atoms with Crippen LogP contribution in [0.5, 0.6) is 0 Å². The van der Waals surface area contributed by atoms with Crippen LogP contribution >= 0.6 is 0 Å². The zero-order chi connectivity index (χ0) is 17.2. The van der Waals surface area contributed by atoms with Crippen LogP contribution in [-0.4, -0.2) is 81.1 Å². The predicted molar refractivity (Wildman–Crippen MR) is 91.6 cm³/mol. The lowest BCUT2D eigenvalue weighted by Gasteiger charge is -2.28. The number of aliphatic hydroxyl groups is 1. The topological polar surface area (TPSA) is 70.1 Å². The average molecular weight is 354 g/mol. The zero-order valence-corrected chi connectivity index (χ0v) is 14.9. The van der Waals surface area contributed by atoms with Gasteiger partial charge in [-0.2, -0.15) is 0 Å². The monoisotopic (exact) mass is 354 g/mol. The molecule has 1 N–H and O–H groups in total. The van der Waals surface area contributed by atoms with Crippen LogP contribution in [0.25, 0.3) is 0 Å². The molecule has 6 nitrogen and oxygen atoms in total. The van der Waals surface area contributed by atoms with Gasteiger partial charge >= 0.3 is 0 Å². The second-order valence-electron chi connectivity index (χ2n) is 6.75. The van der Waals surface area contributed by atoms with E-state index in [2.05, 4.69) is 9.80 Å². The molecule has 7 heteroatoms. The Morgan fingerprint density at radius 2 is 1.88 bits per heavy atom. The molecule has 0 spiro atoms. The summed E-state index contributed by atoms with van der Waals surface area (Å²) in [6.07, 6.45) is 1.91. The van der Waals surface area contributed by atoms with Crippen molar-refractivity contribution >= 4 is 9.84 Å². The lowest BCUT2D eigenvalue weighted by Crippen LogP contribution is -2.44. The van der Waals surface area contributed by atoms with Crippen molar-refractivity contribution in [2.24, 2.45) is 0 Å². The number of benzene rings is 1. The molecular weight excluding hydrogens is 328 g/mol. The van der Waals surface area contributed by atoms with E-state index in [1.807, 2.05) is 12.1 Å². The van der Waals surface area contributed by atoms with E-state index in [-0.39, 0.29) is 12.1 Å². The van der Waals surface area contributed by atoms with Gasteiger partial charge in [-0.05, 0) is 37.2 Å². The summed E-state index contributed by atoms with van der Waals surface area (Å²) in [7, 11) is -3.14. The van der Waals surface area contributed by atoms with Crippen molar-refractivity contribution < 1.29 is 18.3 Å². The van der Waals surface area contributed by atoms with E-state index < -0.39 is 9.84 Å². The first-order valence-corrected chi connectivity index (χ1v) is 10.3. The normalized spacial score (nSPS) is 27.2. The van der Waals surface area contributed by atoms with Crippen LogP contribution in [0.3, 0.4) is 0 Å². The van der Waals surface area contributed by atoms with Crippen molar-refractivity contribution in [3.05, 3.63) is 29.8 Å². The summed E-state index contributed by atoms with van der Waals surface area (Å²) in [5.41, 5.74) is 1.13. The molecule has 2 unspecified atom stereocenters. The molecule has 2 heterocycles. The molecule has 0 radical (unpaired) electrons. The molecule has 24 heavy (non-hydrogen) atoms. The zero-order valence-electron chi connectivity index (χ0n) is 14.1. The maximum Gasteiger partial charge on any atom is 0.175 e. The minimum absolute atomic E-state index is 0.124. The molecule has 1 aromatic carbocycles. The van der Waals surface area contributed by atoms with Crippen molar-refractivity contribution in [1.82, 2.24) is 9.80 Å². The van der Waals surface area contributed by atoms with Crippen LogP contribution in [0.15, 0.2) is 29.2 Å². The van der Waals surface area contributed by atoms with Crippen molar-refractivity contribution in [3.8, 4) is 0 Å². The van der Waals surface area contributed by atoms with Gasteiger partial charge in [0.2, 0.25) is 0 Å². The summed E-state index contributed by atoms with van der Waals surface area (Å²) in [6.45, 7) is 5.74. The van der Waals surface area contributed by atoms with Gasteiger partial charge < -0.3 is 9.84 Å². The Morgan fingerprint density at radius 1 is 1.12 bits per heavy atom. The maximum absolute atomic E-state index is 11.5. The third kappa shape index (κ3) is 4.34.